The summed E-state index contributed by atoms with van der Waals surface area (Å²) in [5, 5.41) is 2.83. The zero-order valence-electron chi connectivity index (χ0n) is 18.2. The molecule has 0 fully saturated rings. The average molecular weight is 536 g/mol. The first-order valence-corrected chi connectivity index (χ1v) is 11.6. The SMILES string of the molecule is CCCOC(=O)c1c(NC(=O)c2ccc(COc3ccc(Br)cc3)o2)sc(C(=O)OC)c1C. The van der Waals surface area contributed by atoms with Crippen molar-refractivity contribution in [2.75, 3.05) is 19.0 Å². The Hall–Kier alpha value is -3.11. The average Bonchev–Trinajstić information content (AvgIpc) is 3.41. The minimum atomic E-state index is -0.626. The standard InChI is InChI=1S/C23H22BrNO7S/c1-4-11-30-22(27)18-13(2)19(23(28)29-3)33-21(18)25-20(26)17-10-9-16(32-17)12-31-15-7-5-14(24)6-8-15/h5-10H,4,11-12H2,1-3H3,(H,25,26). The first-order valence-electron chi connectivity index (χ1n) is 10.0. The molecule has 1 aromatic carbocycles. The number of rotatable bonds is 9. The van der Waals surface area contributed by atoms with Gasteiger partial charge in [0.05, 0.1) is 19.3 Å². The zero-order valence-corrected chi connectivity index (χ0v) is 20.6. The number of carbonyl (C=O) groups excluding carboxylic acids is 3. The van der Waals surface area contributed by atoms with Crippen LogP contribution in [0.15, 0.2) is 45.3 Å². The van der Waals surface area contributed by atoms with E-state index in [2.05, 4.69) is 21.2 Å². The van der Waals surface area contributed by atoms with Gasteiger partial charge in [-0.05, 0) is 55.3 Å². The summed E-state index contributed by atoms with van der Waals surface area (Å²) in [7, 11) is 1.25. The summed E-state index contributed by atoms with van der Waals surface area (Å²) in [6.07, 6.45) is 0.637. The van der Waals surface area contributed by atoms with Crippen molar-refractivity contribution in [1.82, 2.24) is 0 Å². The molecule has 2 aromatic heterocycles. The number of anilines is 1. The van der Waals surface area contributed by atoms with Gasteiger partial charge in [0.15, 0.2) is 5.76 Å². The lowest BCUT2D eigenvalue weighted by atomic mass is 10.1. The Morgan fingerprint density at radius 1 is 1.09 bits per heavy atom. The third-order valence-electron chi connectivity index (χ3n) is 4.47. The lowest BCUT2D eigenvalue weighted by molar-refractivity contribution is 0.0506. The summed E-state index contributed by atoms with van der Waals surface area (Å²) in [6.45, 7) is 3.82. The minimum absolute atomic E-state index is 0.0305. The molecule has 0 aliphatic rings. The van der Waals surface area contributed by atoms with E-state index in [0.29, 0.717) is 23.5 Å². The number of nitrogens with one attached hydrogen (secondary N) is 1. The number of methoxy groups -OCH3 is 1. The highest BCUT2D eigenvalue weighted by molar-refractivity contribution is 9.10. The first kappa shape index (κ1) is 24.5. The molecule has 0 aliphatic carbocycles. The second kappa shape index (κ2) is 11.2. The van der Waals surface area contributed by atoms with Crippen LogP contribution < -0.4 is 10.1 Å². The Balaban J connectivity index is 1.75. The van der Waals surface area contributed by atoms with Gasteiger partial charge in [0.25, 0.3) is 5.91 Å². The van der Waals surface area contributed by atoms with E-state index < -0.39 is 17.8 Å². The minimum Gasteiger partial charge on any atom is -0.486 e. The van der Waals surface area contributed by atoms with E-state index in [4.69, 9.17) is 18.6 Å². The molecule has 1 N–H and O–H groups in total. The Labute approximate surface area is 203 Å². The van der Waals surface area contributed by atoms with Gasteiger partial charge in [-0.15, -0.1) is 11.3 Å². The van der Waals surface area contributed by atoms with Crippen LogP contribution in [0.2, 0.25) is 0 Å². The van der Waals surface area contributed by atoms with E-state index in [0.717, 1.165) is 15.8 Å². The molecule has 0 aliphatic heterocycles. The predicted octanol–water partition coefficient (Wildman–Crippen LogP) is 5.60. The molecule has 0 saturated heterocycles. The Morgan fingerprint density at radius 3 is 2.48 bits per heavy atom. The summed E-state index contributed by atoms with van der Waals surface area (Å²) in [4.78, 5) is 37.6. The van der Waals surface area contributed by atoms with Gasteiger partial charge in [-0.25, -0.2) is 9.59 Å². The van der Waals surface area contributed by atoms with E-state index >= 15 is 0 Å². The number of carbonyl (C=O) groups is 3. The van der Waals surface area contributed by atoms with Crippen molar-refractivity contribution in [2.45, 2.75) is 26.9 Å². The molecular formula is C23H22BrNO7S. The number of benzene rings is 1. The van der Waals surface area contributed by atoms with Crippen molar-refractivity contribution >= 4 is 50.1 Å². The highest BCUT2D eigenvalue weighted by Crippen LogP contribution is 2.34. The van der Waals surface area contributed by atoms with Crippen LogP contribution in [0.25, 0.3) is 0 Å². The number of hydrogen-bond donors (Lipinski definition) is 1. The van der Waals surface area contributed by atoms with Gasteiger partial charge in [0.1, 0.15) is 28.0 Å². The molecule has 3 aromatic rings. The molecule has 8 nitrogen and oxygen atoms in total. The maximum atomic E-state index is 12.8. The van der Waals surface area contributed by atoms with Crippen LogP contribution in [0.4, 0.5) is 5.00 Å². The molecule has 3 rings (SSSR count). The van der Waals surface area contributed by atoms with E-state index in [-0.39, 0.29) is 34.4 Å². The number of furan rings is 1. The molecule has 10 heteroatoms. The van der Waals surface area contributed by atoms with Crippen LogP contribution in [0.3, 0.4) is 0 Å². The molecule has 0 unspecified atom stereocenters. The van der Waals surface area contributed by atoms with E-state index in [1.165, 1.54) is 13.2 Å². The molecule has 2 heterocycles. The molecule has 0 spiro atoms. The Morgan fingerprint density at radius 2 is 1.82 bits per heavy atom. The second-order valence-corrected chi connectivity index (χ2v) is 8.79. The van der Waals surface area contributed by atoms with Crippen LogP contribution in [-0.2, 0) is 16.1 Å². The quantitative estimate of drug-likeness (QED) is 0.355. The fourth-order valence-electron chi connectivity index (χ4n) is 2.83. The highest BCUT2D eigenvalue weighted by atomic mass is 79.9. The second-order valence-electron chi connectivity index (χ2n) is 6.85. The fourth-order valence-corrected chi connectivity index (χ4v) is 4.20. The molecule has 0 bridgehead atoms. The lowest BCUT2D eigenvalue weighted by Crippen LogP contribution is -2.14. The summed E-state index contributed by atoms with van der Waals surface area (Å²) < 4.78 is 22.2. The van der Waals surface area contributed by atoms with E-state index in [1.807, 2.05) is 19.1 Å². The first-order chi connectivity index (χ1) is 15.8. The number of hydrogen-bond acceptors (Lipinski definition) is 8. The van der Waals surface area contributed by atoms with Crippen LogP contribution >= 0.6 is 27.3 Å². The fraction of sp³-hybridized carbons (Fsp3) is 0.261. The van der Waals surface area contributed by atoms with Gasteiger partial charge in [0, 0.05) is 4.47 Å². The topological polar surface area (TPSA) is 104 Å². The van der Waals surface area contributed by atoms with Crippen molar-refractivity contribution < 1.29 is 33.0 Å². The van der Waals surface area contributed by atoms with Gasteiger partial charge in [-0.3, -0.25) is 4.79 Å². The molecule has 174 valence electrons. The third kappa shape index (κ3) is 6.02. The zero-order chi connectivity index (χ0) is 24.0. The number of esters is 2. The van der Waals surface area contributed by atoms with Crippen LogP contribution in [0.1, 0.15) is 55.3 Å². The lowest BCUT2D eigenvalue weighted by Gasteiger charge is -2.07. The van der Waals surface area contributed by atoms with Gasteiger partial charge in [0.2, 0.25) is 0 Å². The summed E-state index contributed by atoms with van der Waals surface area (Å²) in [5.41, 5.74) is 0.499. The van der Waals surface area contributed by atoms with Gasteiger partial charge < -0.3 is 23.9 Å². The van der Waals surface area contributed by atoms with E-state index in [9.17, 15) is 14.4 Å². The molecule has 33 heavy (non-hydrogen) atoms. The molecule has 0 saturated carbocycles. The monoisotopic (exact) mass is 535 g/mol. The number of amides is 1. The number of halogens is 1. The Kier molecular flexibility index (Phi) is 8.29. The number of thiophene rings is 1. The molecule has 1 amide bonds. The molecule has 0 atom stereocenters. The molecular weight excluding hydrogens is 514 g/mol. The Bertz CT molecular complexity index is 1150. The molecule has 0 radical (unpaired) electrons. The van der Waals surface area contributed by atoms with Gasteiger partial charge in [-0.2, -0.15) is 0 Å². The van der Waals surface area contributed by atoms with Crippen molar-refractivity contribution in [2.24, 2.45) is 0 Å². The van der Waals surface area contributed by atoms with Crippen molar-refractivity contribution in [1.29, 1.82) is 0 Å². The third-order valence-corrected chi connectivity index (χ3v) is 6.18. The summed E-state index contributed by atoms with van der Waals surface area (Å²) in [5.74, 6) is -0.675. The van der Waals surface area contributed by atoms with E-state index in [1.54, 1.807) is 25.1 Å². The van der Waals surface area contributed by atoms with Crippen LogP contribution in [-0.4, -0.2) is 31.6 Å². The van der Waals surface area contributed by atoms with Crippen molar-refractivity contribution in [3.8, 4) is 5.75 Å². The predicted molar refractivity (Wildman–Crippen MR) is 126 cm³/mol. The van der Waals surface area contributed by atoms with Crippen molar-refractivity contribution in [3.05, 3.63) is 68.4 Å². The maximum absolute atomic E-state index is 12.8. The number of ether oxygens (including phenoxy) is 3. The van der Waals surface area contributed by atoms with Crippen molar-refractivity contribution in [3.63, 3.8) is 0 Å². The largest absolute Gasteiger partial charge is 0.486 e. The van der Waals surface area contributed by atoms with Crippen LogP contribution in [0, 0.1) is 6.92 Å². The summed E-state index contributed by atoms with van der Waals surface area (Å²) in [6, 6.07) is 10.4. The smallest absolute Gasteiger partial charge is 0.348 e. The maximum Gasteiger partial charge on any atom is 0.348 e. The summed E-state index contributed by atoms with van der Waals surface area (Å²) >= 11 is 4.30. The van der Waals surface area contributed by atoms with Gasteiger partial charge in [-0.1, -0.05) is 22.9 Å². The normalized spacial score (nSPS) is 10.5. The van der Waals surface area contributed by atoms with Crippen LogP contribution in [0.5, 0.6) is 5.75 Å². The highest BCUT2D eigenvalue weighted by Gasteiger charge is 2.28. The van der Waals surface area contributed by atoms with Gasteiger partial charge >= 0.3 is 11.9 Å².